The van der Waals surface area contributed by atoms with Crippen LogP contribution < -0.4 is 14.8 Å². The highest BCUT2D eigenvalue weighted by molar-refractivity contribution is 6.32. The minimum atomic E-state index is -0.00108. The molecule has 1 atom stereocenters. The molecule has 0 amide bonds. The molecule has 33 heavy (non-hydrogen) atoms. The summed E-state index contributed by atoms with van der Waals surface area (Å²) in [6.07, 6.45) is 6.42. The zero-order valence-corrected chi connectivity index (χ0v) is 19.5. The summed E-state index contributed by atoms with van der Waals surface area (Å²) in [7, 11) is 4.03. The van der Waals surface area contributed by atoms with E-state index < -0.39 is 0 Å². The summed E-state index contributed by atoms with van der Waals surface area (Å²) in [6.45, 7) is 3.11. The number of hydrogen-bond donors (Lipinski definition) is 1. The van der Waals surface area contributed by atoms with Crippen LogP contribution in [0, 0.1) is 0 Å². The zero-order chi connectivity index (χ0) is 23.2. The number of rotatable bonds is 9. The molecular formula is C24H25ClN6O2. The number of nitrogens with zero attached hydrogens (tertiary/aromatic N) is 5. The summed E-state index contributed by atoms with van der Waals surface area (Å²) in [5.41, 5.74) is 2.28. The van der Waals surface area contributed by atoms with Crippen molar-refractivity contribution in [3.05, 3.63) is 72.0 Å². The van der Waals surface area contributed by atoms with E-state index in [9.17, 15) is 0 Å². The Morgan fingerprint density at radius 2 is 1.94 bits per heavy atom. The summed E-state index contributed by atoms with van der Waals surface area (Å²) in [5, 5.41) is 4.62. The molecule has 1 N–H and O–H groups in total. The van der Waals surface area contributed by atoms with Crippen molar-refractivity contribution >= 4 is 34.0 Å². The van der Waals surface area contributed by atoms with E-state index in [1.807, 2.05) is 45.3 Å². The van der Waals surface area contributed by atoms with Crippen molar-refractivity contribution in [1.82, 2.24) is 24.8 Å². The number of aromatic nitrogens is 4. The third-order valence-electron chi connectivity index (χ3n) is 4.76. The molecule has 0 radical (unpaired) electrons. The maximum absolute atomic E-state index is 6.47. The first kappa shape index (κ1) is 22.7. The van der Waals surface area contributed by atoms with Gasteiger partial charge in [-0.25, -0.2) is 9.97 Å². The van der Waals surface area contributed by atoms with Gasteiger partial charge < -0.3 is 19.7 Å². The lowest BCUT2D eigenvalue weighted by Crippen LogP contribution is -2.28. The third-order valence-corrected chi connectivity index (χ3v) is 5.06. The first-order chi connectivity index (χ1) is 16.0. The van der Waals surface area contributed by atoms with Crippen molar-refractivity contribution in [3.8, 4) is 11.5 Å². The predicted octanol–water partition coefficient (Wildman–Crippen LogP) is 4.72. The van der Waals surface area contributed by atoms with Crippen LogP contribution in [-0.2, 0) is 6.61 Å². The van der Waals surface area contributed by atoms with Gasteiger partial charge >= 0.3 is 0 Å². The van der Waals surface area contributed by atoms with E-state index >= 15 is 0 Å². The quantitative estimate of drug-likeness (QED) is 0.380. The average molecular weight is 465 g/mol. The van der Waals surface area contributed by atoms with Crippen LogP contribution in [0.2, 0.25) is 5.02 Å². The molecule has 170 valence electrons. The standard InChI is InChI=1S/C24H25ClN6O2/c1-16(13-31(2)3)33-22-6-4-5-20-23(22)24(29-15-28-20)30-17-7-8-21(19(25)11-17)32-14-18-12-26-9-10-27-18/h4-12,15-16H,13-14H2,1-3H3,(H,28,29,30)/t16-/m0/s1. The third kappa shape index (κ3) is 5.85. The van der Waals surface area contributed by atoms with Crippen LogP contribution in [0.25, 0.3) is 10.9 Å². The summed E-state index contributed by atoms with van der Waals surface area (Å²) < 4.78 is 12.0. The fourth-order valence-corrected chi connectivity index (χ4v) is 3.66. The van der Waals surface area contributed by atoms with Crippen LogP contribution in [0.3, 0.4) is 0 Å². The van der Waals surface area contributed by atoms with Gasteiger partial charge in [0.15, 0.2) is 0 Å². The average Bonchev–Trinajstić information content (AvgIpc) is 2.79. The van der Waals surface area contributed by atoms with E-state index in [-0.39, 0.29) is 12.7 Å². The lowest BCUT2D eigenvalue weighted by atomic mass is 10.2. The molecule has 0 unspecified atom stereocenters. The first-order valence-electron chi connectivity index (χ1n) is 10.5. The molecule has 0 bridgehead atoms. The number of anilines is 2. The van der Waals surface area contributed by atoms with Crippen molar-refractivity contribution in [1.29, 1.82) is 0 Å². The Morgan fingerprint density at radius 1 is 1.06 bits per heavy atom. The second-order valence-corrected chi connectivity index (χ2v) is 8.23. The van der Waals surface area contributed by atoms with Gasteiger partial charge in [-0.15, -0.1) is 0 Å². The van der Waals surface area contributed by atoms with Gasteiger partial charge in [-0.3, -0.25) is 9.97 Å². The summed E-state index contributed by atoms with van der Waals surface area (Å²) in [6, 6.07) is 11.3. The molecule has 0 aliphatic carbocycles. The van der Waals surface area contributed by atoms with Gasteiger partial charge in [-0.1, -0.05) is 17.7 Å². The normalized spacial score (nSPS) is 12.0. The van der Waals surface area contributed by atoms with E-state index in [0.717, 1.165) is 34.6 Å². The van der Waals surface area contributed by atoms with E-state index in [0.29, 0.717) is 16.6 Å². The molecule has 0 saturated carbocycles. The molecule has 0 saturated heterocycles. The van der Waals surface area contributed by atoms with Crippen LogP contribution in [0.4, 0.5) is 11.5 Å². The Morgan fingerprint density at radius 3 is 2.70 bits per heavy atom. The SMILES string of the molecule is C[C@@H](CN(C)C)Oc1cccc2ncnc(Nc3ccc(OCc4cnccn4)c(Cl)c3)c12. The highest BCUT2D eigenvalue weighted by Crippen LogP contribution is 2.34. The summed E-state index contributed by atoms with van der Waals surface area (Å²) in [5.74, 6) is 1.92. The second-order valence-electron chi connectivity index (χ2n) is 7.82. The van der Waals surface area contributed by atoms with Crippen molar-refractivity contribution in [2.75, 3.05) is 26.0 Å². The van der Waals surface area contributed by atoms with Crippen LogP contribution in [-0.4, -0.2) is 51.6 Å². The molecule has 2 aromatic heterocycles. The van der Waals surface area contributed by atoms with Crippen molar-refractivity contribution in [2.45, 2.75) is 19.6 Å². The lowest BCUT2D eigenvalue weighted by molar-refractivity contribution is 0.179. The minimum absolute atomic E-state index is 0.00108. The van der Waals surface area contributed by atoms with E-state index in [1.54, 1.807) is 30.7 Å². The Labute approximate surface area is 197 Å². The van der Waals surface area contributed by atoms with Gasteiger partial charge in [0.25, 0.3) is 0 Å². The minimum Gasteiger partial charge on any atom is -0.489 e. The largest absolute Gasteiger partial charge is 0.489 e. The number of ether oxygens (including phenoxy) is 2. The molecule has 0 spiro atoms. The van der Waals surface area contributed by atoms with Gasteiger partial charge in [0.05, 0.1) is 27.8 Å². The number of fused-ring (bicyclic) bond motifs is 1. The number of likely N-dealkylation sites (N-methyl/N-ethyl adjacent to an activating group) is 1. The molecular weight excluding hydrogens is 440 g/mol. The Bertz CT molecular complexity index is 1220. The monoisotopic (exact) mass is 464 g/mol. The molecule has 2 aromatic carbocycles. The highest BCUT2D eigenvalue weighted by Gasteiger charge is 2.14. The van der Waals surface area contributed by atoms with Gasteiger partial charge in [-0.05, 0) is 51.4 Å². The highest BCUT2D eigenvalue weighted by atomic mass is 35.5. The Hall–Kier alpha value is -3.49. The molecule has 8 nitrogen and oxygen atoms in total. The lowest BCUT2D eigenvalue weighted by Gasteiger charge is -2.20. The van der Waals surface area contributed by atoms with Crippen molar-refractivity contribution < 1.29 is 9.47 Å². The van der Waals surface area contributed by atoms with Crippen molar-refractivity contribution in [3.63, 3.8) is 0 Å². The summed E-state index contributed by atoms with van der Waals surface area (Å²) >= 11 is 6.47. The molecule has 9 heteroatoms. The molecule has 0 fully saturated rings. The van der Waals surface area contributed by atoms with Gasteiger partial charge in [0.2, 0.25) is 0 Å². The fraction of sp³-hybridized carbons (Fsp3) is 0.250. The topological polar surface area (TPSA) is 85.3 Å². The second kappa shape index (κ2) is 10.4. The van der Waals surface area contributed by atoms with Crippen LogP contribution in [0.5, 0.6) is 11.5 Å². The van der Waals surface area contributed by atoms with Gasteiger partial charge in [0, 0.05) is 24.6 Å². The van der Waals surface area contributed by atoms with E-state index in [4.69, 9.17) is 21.1 Å². The predicted molar refractivity (Wildman–Crippen MR) is 129 cm³/mol. The van der Waals surface area contributed by atoms with Crippen LogP contribution in [0.1, 0.15) is 12.6 Å². The number of benzene rings is 2. The van der Waals surface area contributed by atoms with Gasteiger partial charge in [0.1, 0.15) is 36.4 Å². The summed E-state index contributed by atoms with van der Waals surface area (Å²) in [4.78, 5) is 19.2. The van der Waals surface area contributed by atoms with Gasteiger partial charge in [-0.2, -0.15) is 0 Å². The van der Waals surface area contributed by atoms with E-state index in [2.05, 4.69) is 30.2 Å². The number of halogens is 1. The molecule has 4 rings (SSSR count). The number of nitrogens with one attached hydrogen (secondary N) is 1. The maximum atomic E-state index is 6.47. The maximum Gasteiger partial charge on any atom is 0.145 e. The zero-order valence-electron chi connectivity index (χ0n) is 18.7. The molecule has 0 aliphatic rings. The molecule has 2 heterocycles. The van der Waals surface area contributed by atoms with Crippen LogP contribution in [0.15, 0.2) is 61.3 Å². The smallest absolute Gasteiger partial charge is 0.145 e. The fourth-order valence-electron chi connectivity index (χ4n) is 3.43. The van der Waals surface area contributed by atoms with Crippen LogP contribution >= 0.6 is 11.6 Å². The Balaban J connectivity index is 1.55. The van der Waals surface area contributed by atoms with Crippen molar-refractivity contribution in [2.24, 2.45) is 0 Å². The molecule has 4 aromatic rings. The molecule has 0 aliphatic heterocycles. The Kier molecular flexibility index (Phi) is 7.16. The van der Waals surface area contributed by atoms with E-state index in [1.165, 1.54) is 6.33 Å². The number of hydrogen-bond acceptors (Lipinski definition) is 8. The first-order valence-corrected chi connectivity index (χ1v) is 10.9.